The fourth-order valence-electron chi connectivity index (χ4n) is 3.04. The molecule has 0 fully saturated rings. The van der Waals surface area contributed by atoms with Crippen LogP contribution in [0, 0.1) is 23.1 Å². The Hall–Kier alpha value is -2.38. The minimum Gasteiger partial charge on any atom is -0.360 e. The molecular weight excluding hydrogens is 303 g/mol. The summed E-state index contributed by atoms with van der Waals surface area (Å²) >= 11 is 0. The Morgan fingerprint density at radius 1 is 1.17 bits per heavy atom. The van der Waals surface area contributed by atoms with Gasteiger partial charge in [0.05, 0.1) is 17.2 Å². The van der Waals surface area contributed by atoms with E-state index in [1.807, 2.05) is 38.1 Å². The van der Waals surface area contributed by atoms with Crippen molar-refractivity contribution in [1.29, 1.82) is 5.26 Å². The van der Waals surface area contributed by atoms with Gasteiger partial charge in [0, 0.05) is 11.3 Å². The molecule has 1 aliphatic rings. The highest BCUT2D eigenvalue weighted by Gasteiger charge is 2.34. The SMILES string of the molecule is CC(C)C1Nc2ccc(-c3cc(F)cc(C#N)c3)cc2C(C)(C)O1. The van der Waals surface area contributed by atoms with Gasteiger partial charge in [-0.25, -0.2) is 4.39 Å². The van der Waals surface area contributed by atoms with Crippen LogP contribution in [-0.4, -0.2) is 6.23 Å². The van der Waals surface area contributed by atoms with Gasteiger partial charge in [-0.3, -0.25) is 0 Å². The first-order valence-electron chi connectivity index (χ1n) is 8.10. The predicted molar refractivity (Wildman–Crippen MR) is 92.9 cm³/mol. The van der Waals surface area contributed by atoms with E-state index in [0.717, 1.165) is 16.8 Å². The highest BCUT2D eigenvalue weighted by atomic mass is 19.1. The fraction of sp³-hybridized carbons (Fsp3) is 0.350. The maximum absolute atomic E-state index is 13.7. The zero-order chi connectivity index (χ0) is 17.5. The molecule has 0 bridgehead atoms. The number of hydrogen-bond acceptors (Lipinski definition) is 3. The summed E-state index contributed by atoms with van der Waals surface area (Å²) in [6.07, 6.45) is -0.0438. The first kappa shape index (κ1) is 16.5. The first-order chi connectivity index (χ1) is 11.3. The van der Waals surface area contributed by atoms with Crippen LogP contribution in [-0.2, 0) is 10.3 Å². The highest BCUT2D eigenvalue weighted by molar-refractivity contribution is 5.71. The molecule has 0 radical (unpaired) electrons. The van der Waals surface area contributed by atoms with E-state index in [0.29, 0.717) is 17.0 Å². The zero-order valence-electron chi connectivity index (χ0n) is 14.4. The maximum atomic E-state index is 13.7. The largest absolute Gasteiger partial charge is 0.360 e. The predicted octanol–water partition coefficient (Wildman–Crippen LogP) is 5.02. The van der Waals surface area contributed by atoms with Crippen molar-refractivity contribution in [3.63, 3.8) is 0 Å². The second-order valence-corrected chi connectivity index (χ2v) is 7.04. The van der Waals surface area contributed by atoms with Gasteiger partial charge in [0.15, 0.2) is 0 Å². The second-order valence-electron chi connectivity index (χ2n) is 7.04. The molecule has 1 heterocycles. The van der Waals surface area contributed by atoms with E-state index in [4.69, 9.17) is 10.00 Å². The van der Waals surface area contributed by atoms with Crippen LogP contribution >= 0.6 is 0 Å². The summed E-state index contributed by atoms with van der Waals surface area (Å²) < 4.78 is 19.9. The first-order valence-corrected chi connectivity index (χ1v) is 8.10. The number of nitriles is 1. The number of nitrogens with zero attached hydrogens (tertiary/aromatic N) is 1. The van der Waals surface area contributed by atoms with Gasteiger partial charge in [0.2, 0.25) is 0 Å². The number of nitrogens with one attached hydrogen (secondary N) is 1. The van der Waals surface area contributed by atoms with Crippen molar-refractivity contribution in [2.45, 2.75) is 39.5 Å². The van der Waals surface area contributed by atoms with E-state index in [9.17, 15) is 4.39 Å². The van der Waals surface area contributed by atoms with Crippen LogP contribution < -0.4 is 5.32 Å². The van der Waals surface area contributed by atoms with Crippen LogP contribution in [0.5, 0.6) is 0 Å². The summed E-state index contributed by atoms with van der Waals surface area (Å²) in [5, 5.41) is 12.5. The van der Waals surface area contributed by atoms with Crippen molar-refractivity contribution in [1.82, 2.24) is 0 Å². The number of anilines is 1. The van der Waals surface area contributed by atoms with Crippen LogP contribution in [0.25, 0.3) is 11.1 Å². The van der Waals surface area contributed by atoms with Crippen LogP contribution in [0.2, 0.25) is 0 Å². The Bertz CT molecular complexity index is 821. The quantitative estimate of drug-likeness (QED) is 0.843. The lowest BCUT2D eigenvalue weighted by Crippen LogP contribution is -2.41. The number of rotatable bonds is 2. The van der Waals surface area contributed by atoms with Gasteiger partial charge in [-0.15, -0.1) is 0 Å². The molecule has 0 amide bonds. The minimum absolute atomic E-state index is 0.0438. The number of fused-ring (bicyclic) bond motifs is 1. The summed E-state index contributed by atoms with van der Waals surface area (Å²) in [6.45, 7) is 8.31. The molecule has 1 unspecified atom stereocenters. The molecule has 3 rings (SSSR count). The Labute approximate surface area is 142 Å². The third-order valence-electron chi connectivity index (χ3n) is 4.35. The second kappa shape index (κ2) is 5.92. The molecule has 0 saturated heterocycles. The van der Waals surface area contributed by atoms with Crippen molar-refractivity contribution < 1.29 is 9.13 Å². The number of hydrogen-bond donors (Lipinski definition) is 1. The molecule has 3 nitrogen and oxygen atoms in total. The molecule has 124 valence electrons. The molecule has 0 spiro atoms. The van der Waals surface area contributed by atoms with Crippen molar-refractivity contribution in [2.24, 2.45) is 5.92 Å². The third kappa shape index (κ3) is 3.00. The average molecular weight is 324 g/mol. The van der Waals surface area contributed by atoms with Crippen LogP contribution in [0.4, 0.5) is 10.1 Å². The Morgan fingerprint density at radius 2 is 1.92 bits per heavy atom. The topological polar surface area (TPSA) is 45.0 Å². The van der Waals surface area contributed by atoms with Crippen molar-refractivity contribution in [2.75, 3.05) is 5.32 Å². The van der Waals surface area contributed by atoms with Crippen molar-refractivity contribution in [3.8, 4) is 17.2 Å². The molecule has 0 saturated carbocycles. The van der Waals surface area contributed by atoms with Crippen molar-refractivity contribution in [3.05, 3.63) is 53.3 Å². The van der Waals surface area contributed by atoms with Gasteiger partial charge in [0.1, 0.15) is 12.0 Å². The lowest BCUT2D eigenvalue weighted by molar-refractivity contribution is -0.0885. The van der Waals surface area contributed by atoms with E-state index in [-0.39, 0.29) is 6.23 Å². The van der Waals surface area contributed by atoms with Crippen molar-refractivity contribution >= 4 is 5.69 Å². The summed E-state index contributed by atoms with van der Waals surface area (Å²) in [4.78, 5) is 0. The minimum atomic E-state index is -0.448. The van der Waals surface area contributed by atoms with Crippen LogP contribution in [0.1, 0.15) is 38.8 Å². The molecule has 4 heteroatoms. The lowest BCUT2D eigenvalue weighted by Gasteiger charge is -2.41. The summed E-state index contributed by atoms with van der Waals surface area (Å²) in [7, 11) is 0. The van der Waals surface area contributed by atoms with Gasteiger partial charge in [-0.1, -0.05) is 19.9 Å². The standard InChI is InChI=1S/C20H21FN2O/c1-12(2)19-23-18-6-5-14(10-17(18)20(3,4)24-19)15-7-13(11-22)8-16(21)9-15/h5-10,12,19,23H,1-4H3. The summed E-state index contributed by atoms with van der Waals surface area (Å²) in [6, 6.07) is 12.3. The summed E-state index contributed by atoms with van der Waals surface area (Å²) in [5.74, 6) is -0.0613. The van der Waals surface area contributed by atoms with Gasteiger partial charge < -0.3 is 10.1 Å². The van der Waals surface area contributed by atoms with E-state index in [2.05, 4.69) is 19.2 Å². The van der Waals surface area contributed by atoms with E-state index in [1.165, 1.54) is 12.1 Å². The molecule has 2 aromatic carbocycles. The monoisotopic (exact) mass is 324 g/mol. The maximum Gasteiger partial charge on any atom is 0.131 e. The molecule has 1 aliphatic heterocycles. The third-order valence-corrected chi connectivity index (χ3v) is 4.35. The Kier molecular flexibility index (Phi) is 4.06. The van der Waals surface area contributed by atoms with E-state index in [1.54, 1.807) is 6.07 Å². The lowest BCUT2D eigenvalue weighted by atomic mass is 9.90. The zero-order valence-corrected chi connectivity index (χ0v) is 14.4. The smallest absolute Gasteiger partial charge is 0.131 e. The number of halogens is 1. The molecule has 1 atom stereocenters. The van der Waals surface area contributed by atoms with E-state index >= 15 is 0 Å². The van der Waals surface area contributed by atoms with Gasteiger partial charge >= 0.3 is 0 Å². The summed E-state index contributed by atoms with van der Waals surface area (Å²) in [5.41, 5.74) is 3.49. The molecule has 2 aromatic rings. The molecule has 0 aromatic heterocycles. The Balaban J connectivity index is 2.07. The van der Waals surface area contributed by atoms with Crippen LogP contribution in [0.15, 0.2) is 36.4 Å². The van der Waals surface area contributed by atoms with Crippen LogP contribution in [0.3, 0.4) is 0 Å². The number of benzene rings is 2. The molecule has 24 heavy (non-hydrogen) atoms. The number of ether oxygens (including phenoxy) is 1. The normalized spacial score (nSPS) is 18.6. The molecule has 0 aliphatic carbocycles. The van der Waals surface area contributed by atoms with Gasteiger partial charge in [-0.05, 0) is 61.2 Å². The highest BCUT2D eigenvalue weighted by Crippen LogP contribution is 2.40. The fourth-order valence-corrected chi connectivity index (χ4v) is 3.04. The Morgan fingerprint density at radius 3 is 2.58 bits per heavy atom. The van der Waals surface area contributed by atoms with Gasteiger partial charge in [-0.2, -0.15) is 5.26 Å². The van der Waals surface area contributed by atoms with E-state index < -0.39 is 11.4 Å². The average Bonchev–Trinajstić information content (AvgIpc) is 2.53. The molecular formula is C20H21FN2O. The van der Waals surface area contributed by atoms with Gasteiger partial charge in [0.25, 0.3) is 0 Å². The molecule has 1 N–H and O–H groups in total.